The number of nitrogens with zero attached hydrogens (tertiary/aromatic N) is 2. The number of carbonyl (C=O) groups is 1. The van der Waals surface area contributed by atoms with Gasteiger partial charge in [0, 0.05) is 18.3 Å². The van der Waals surface area contributed by atoms with E-state index in [0.29, 0.717) is 6.42 Å². The number of esters is 1. The Labute approximate surface area is 101 Å². The number of methoxy groups -OCH3 is 1. The molecule has 2 unspecified atom stereocenters. The molecule has 0 fully saturated rings. The van der Waals surface area contributed by atoms with E-state index in [1.165, 1.54) is 7.11 Å². The van der Waals surface area contributed by atoms with E-state index < -0.39 is 6.10 Å². The van der Waals surface area contributed by atoms with E-state index in [1.54, 1.807) is 17.8 Å². The van der Waals surface area contributed by atoms with Crippen molar-refractivity contribution < 1.29 is 14.6 Å². The normalized spacial score (nSPS) is 14.4. The second kappa shape index (κ2) is 6.39. The average Bonchev–Trinajstić information content (AvgIpc) is 2.77. The van der Waals surface area contributed by atoms with Crippen LogP contribution in [0.3, 0.4) is 0 Å². The van der Waals surface area contributed by atoms with Gasteiger partial charge in [0.2, 0.25) is 0 Å². The smallest absolute Gasteiger partial charge is 0.308 e. The van der Waals surface area contributed by atoms with Gasteiger partial charge in [-0.2, -0.15) is 5.10 Å². The second-order valence-electron chi connectivity index (χ2n) is 4.21. The third-order valence-corrected chi connectivity index (χ3v) is 2.67. The molecule has 0 amide bonds. The van der Waals surface area contributed by atoms with Crippen molar-refractivity contribution >= 4 is 5.97 Å². The molecule has 0 aromatic carbocycles. The molecule has 17 heavy (non-hydrogen) atoms. The topological polar surface area (TPSA) is 64.4 Å². The number of ether oxygens (including phenoxy) is 1. The molecule has 1 N–H and O–H groups in total. The van der Waals surface area contributed by atoms with Gasteiger partial charge in [0.25, 0.3) is 0 Å². The summed E-state index contributed by atoms with van der Waals surface area (Å²) in [6.45, 7) is 4.64. The number of aliphatic hydroxyl groups is 1. The molecule has 2 atom stereocenters. The summed E-state index contributed by atoms with van der Waals surface area (Å²) < 4.78 is 6.41. The molecule has 1 aromatic heterocycles. The van der Waals surface area contributed by atoms with E-state index in [0.717, 1.165) is 18.5 Å². The number of aromatic nitrogens is 2. The molecule has 1 rings (SSSR count). The molecular formula is C12H20N2O3. The van der Waals surface area contributed by atoms with Gasteiger partial charge < -0.3 is 9.84 Å². The van der Waals surface area contributed by atoms with E-state index >= 15 is 0 Å². The Balaban J connectivity index is 2.56. The second-order valence-corrected chi connectivity index (χ2v) is 4.21. The van der Waals surface area contributed by atoms with Crippen molar-refractivity contribution in [1.29, 1.82) is 0 Å². The zero-order valence-electron chi connectivity index (χ0n) is 10.6. The number of hydrogen-bond acceptors (Lipinski definition) is 4. The van der Waals surface area contributed by atoms with E-state index in [9.17, 15) is 9.90 Å². The van der Waals surface area contributed by atoms with Crippen molar-refractivity contribution in [3.63, 3.8) is 0 Å². The van der Waals surface area contributed by atoms with E-state index in [-0.39, 0.29) is 11.9 Å². The van der Waals surface area contributed by atoms with Crippen molar-refractivity contribution in [2.24, 2.45) is 5.92 Å². The fraction of sp³-hybridized carbons (Fsp3) is 0.667. The highest BCUT2D eigenvalue weighted by Crippen LogP contribution is 2.21. The number of aryl methyl sites for hydroxylation is 1. The lowest BCUT2D eigenvalue weighted by Gasteiger charge is -2.13. The summed E-state index contributed by atoms with van der Waals surface area (Å²) in [4.78, 5) is 11.2. The Morgan fingerprint density at radius 3 is 2.94 bits per heavy atom. The standard InChI is InChI=1S/C12H20N2O3/c1-4-5-14-8-10(7-13-14)11(15)6-9(2)12(16)17-3/h7-9,11,15H,4-6H2,1-3H3. The summed E-state index contributed by atoms with van der Waals surface area (Å²) >= 11 is 0. The number of rotatable bonds is 6. The van der Waals surface area contributed by atoms with Gasteiger partial charge in [-0.1, -0.05) is 13.8 Å². The van der Waals surface area contributed by atoms with Crippen LogP contribution in [0.4, 0.5) is 0 Å². The average molecular weight is 240 g/mol. The fourth-order valence-electron chi connectivity index (χ4n) is 1.67. The molecule has 0 spiro atoms. The molecule has 0 radical (unpaired) electrons. The van der Waals surface area contributed by atoms with Crippen molar-refractivity contribution in [3.05, 3.63) is 18.0 Å². The highest BCUT2D eigenvalue weighted by Gasteiger charge is 2.19. The summed E-state index contributed by atoms with van der Waals surface area (Å²) in [6.07, 6.45) is 4.14. The lowest BCUT2D eigenvalue weighted by atomic mass is 10.0. The molecular weight excluding hydrogens is 220 g/mol. The third-order valence-electron chi connectivity index (χ3n) is 2.67. The van der Waals surface area contributed by atoms with Gasteiger partial charge in [0.05, 0.1) is 25.3 Å². The van der Waals surface area contributed by atoms with E-state index in [2.05, 4.69) is 16.8 Å². The maximum atomic E-state index is 11.2. The quantitative estimate of drug-likeness (QED) is 0.766. The number of aliphatic hydroxyl groups excluding tert-OH is 1. The third kappa shape index (κ3) is 3.85. The van der Waals surface area contributed by atoms with Gasteiger partial charge in [-0.25, -0.2) is 0 Å². The van der Waals surface area contributed by atoms with Gasteiger partial charge >= 0.3 is 5.97 Å². The van der Waals surface area contributed by atoms with Crippen LogP contribution >= 0.6 is 0 Å². The van der Waals surface area contributed by atoms with Gasteiger partial charge in [-0.3, -0.25) is 9.48 Å². The highest BCUT2D eigenvalue weighted by molar-refractivity contribution is 5.71. The molecule has 5 heteroatoms. The first-order chi connectivity index (χ1) is 8.08. The van der Waals surface area contributed by atoms with Crippen molar-refractivity contribution in [2.75, 3.05) is 7.11 Å². The number of carbonyl (C=O) groups excluding carboxylic acids is 1. The number of hydrogen-bond donors (Lipinski definition) is 1. The molecule has 0 saturated carbocycles. The first-order valence-electron chi connectivity index (χ1n) is 5.86. The van der Waals surface area contributed by atoms with Crippen LogP contribution in [0.5, 0.6) is 0 Å². The molecule has 5 nitrogen and oxygen atoms in total. The molecule has 0 aliphatic heterocycles. The van der Waals surface area contributed by atoms with Crippen LogP contribution in [0, 0.1) is 5.92 Å². The van der Waals surface area contributed by atoms with Gasteiger partial charge in [-0.05, 0) is 12.8 Å². The molecule has 0 aliphatic rings. The van der Waals surface area contributed by atoms with Gasteiger partial charge in [0.1, 0.15) is 0 Å². The Bertz CT molecular complexity index is 362. The van der Waals surface area contributed by atoms with Crippen LogP contribution in [0.15, 0.2) is 12.4 Å². The van der Waals surface area contributed by atoms with Crippen molar-refractivity contribution in [1.82, 2.24) is 9.78 Å². The van der Waals surface area contributed by atoms with Gasteiger partial charge in [0.15, 0.2) is 0 Å². The summed E-state index contributed by atoms with van der Waals surface area (Å²) in [6, 6.07) is 0. The maximum Gasteiger partial charge on any atom is 0.308 e. The van der Waals surface area contributed by atoms with E-state index in [4.69, 9.17) is 0 Å². The van der Waals surface area contributed by atoms with Crippen LogP contribution in [0.25, 0.3) is 0 Å². The van der Waals surface area contributed by atoms with Crippen molar-refractivity contribution in [2.45, 2.75) is 39.3 Å². The summed E-state index contributed by atoms with van der Waals surface area (Å²) in [5.41, 5.74) is 0.745. The van der Waals surface area contributed by atoms with Gasteiger partial charge in [-0.15, -0.1) is 0 Å². The minimum absolute atomic E-state index is 0.301. The Morgan fingerprint density at radius 1 is 1.65 bits per heavy atom. The first kappa shape index (κ1) is 13.7. The minimum Gasteiger partial charge on any atom is -0.469 e. The fourth-order valence-corrected chi connectivity index (χ4v) is 1.67. The zero-order valence-corrected chi connectivity index (χ0v) is 10.6. The van der Waals surface area contributed by atoms with Crippen molar-refractivity contribution in [3.8, 4) is 0 Å². The Kier molecular flexibility index (Phi) is 5.15. The molecule has 1 heterocycles. The summed E-state index contributed by atoms with van der Waals surface area (Å²) in [7, 11) is 1.35. The van der Waals surface area contributed by atoms with E-state index in [1.807, 2.05) is 6.20 Å². The monoisotopic (exact) mass is 240 g/mol. The Hall–Kier alpha value is -1.36. The van der Waals surface area contributed by atoms with Crippen LogP contribution in [-0.4, -0.2) is 28.0 Å². The van der Waals surface area contributed by atoms with Crippen LogP contribution in [0.1, 0.15) is 38.4 Å². The molecule has 0 saturated heterocycles. The summed E-state index contributed by atoms with van der Waals surface area (Å²) in [5, 5.41) is 14.1. The predicted octanol–water partition coefficient (Wildman–Crippen LogP) is 1.53. The highest BCUT2D eigenvalue weighted by atomic mass is 16.5. The van der Waals surface area contributed by atoms with Crippen LogP contribution < -0.4 is 0 Å². The van der Waals surface area contributed by atoms with Crippen LogP contribution in [0.2, 0.25) is 0 Å². The predicted molar refractivity (Wildman–Crippen MR) is 63.3 cm³/mol. The summed E-state index contributed by atoms with van der Waals surface area (Å²) in [5.74, 6) is -0.616. The Morgan fingerprint density at radius 2 is 2.35 bits per heavy atom. The lowest BCUT2D eigenvalue weighted by molar-refractivity contribution is -0.145. The SMILES string of the molecule is CCCn1cc(C(O)CC(C)C(=O)OC)cn1. The maximum absolute atomic E-state index is 11.2. The first-order valence-corrected chi connectivity index (χ1v) is 5.86. The largest absolute Gasteiger partial charge is 0.469 e. The minimum atomic E-state index is -0.672. The molecule has 96 valence electrons. The zero-order chi connectivity index (χ0) is 12.8. The van der Waals surface area contributed by atoms with Crippen LogP contribution in [-0.2, 0) is 16.1 Å². The molecule has 0 aliphatic carbocycles. The lowest BCUT2D eigenvalue weighted by Crippen LogP contribution is -2.15. The molecule has 0 bridgehead atoms. The molecule has 1 aromatic rings.